The fourth-order valence-corrected chi connectivity index (χ4v) is 2.45. The van der Waals surface area contributed by atoms with Gasteiger partial charge in [0.05, 0.1) is 12.2 Å². The molecule has 0 aromatic carbocycles. The highest BCUT2D eigenvalue weighted by Crippen LogP contribution is 2.44. The van der Waals surface area contributed by atoms with Gasteiger partial charge in [-0.1, -0.05) is 0 Å². The van der Waals surface area contributed by atoms with Gasteiger partial charge in [-0.3, -0.25) is 0 Å². The van der Waals surface area contributed by atoms with Crippen molar-refractivity contribution in [1.82, 2.24) is 5.32 Å². The average molecular weight is 255 g/mol. The molecule has 0 radical (unpaired) electrons. The molecule has 0 spiro atoms. The van der Waals surface area contributed by atoms with E-state index >= 15 is 0 Å². The van der Waals surface area contributed by atoms with Crippen molar-refractivity contribution < 1.29 is 9.47 Å². The Hall–Kier alpha value is -0.120. The van der Waals surface area contributed by atoms with Crippen LogP contribution in [0.2, 0.25) is 0 Å². The van der Waals surface area contributed by atoms with Crippen LogP contribution in [0.1, 0.15) is 46.0 Å². The van der Waals surface area contributed by atoms with E-state index in [9.17, 15) is 0 Å². The maximum Gasteiger partial charge on any atom is 0.0644 e. The highest BCUT2D eigenvalue weighted by Gasteiger charge is 2.40. The molecule has 0 heterocycles. The minimum Gasteiger partial charge on any atom is -0.380 e. The lowest BCUT2D eigenvalue weighted by atomic mass is 10.1. The minimum atomic E-state index is -0.0576. The predicted molar refractivity (Wildman–Crippen MR) is 73.8 cm³/mol. The summed E-state index contributed by atoms with van der Waals surface area (Å²) in [5, 5.41) is 3.70. The van der Waals surface area contributed by atoms with Crippen molar-refractivity contribution in [3.05, 3.63) is 0 Å². The average Bonchev–Trinajstić information content (AvgIpc) is 3.20. The van der Waals surface area contributed by atoms with Crippen LogP contribution in [0.5, 0.6) is 0 Å². The van der Waals surface area contributed by atoms with Crippen LogP contribution in [0.4, 0.5) is 0 Å². The molecule has 3 heteroatoms. The molecule has 0 aliphatic heterocycles. The van der Waals surface area contributed by atoms with E-state index in [2.05, 4.69) is 19.2 Å². The summed E-state index contributed by atoms with van der Waals surface area (Å²) in [6, 6.07) is 0.795. The highest BCUT2D eigenvalue weighted by atomic mass is 16.5. The third-order valence-corrected chi connectivity index (χ3v) is 4.29. The molecule has 3 nitrogen and oxygen atoms in total. The third kappa shape index (κ3) is 4.87. The van der Waals surface area contributed by atoms with E-state index in [4.69, 9.17) is 9.47 Å². The minimum absolute atomic E-state index is 0.0576. The molecule has 2 saturated carbocycles. The second-order valence-electron chi connectivity index (χ2n) is 6.48. The van der Waals surface area contributed by atoms with E-state index < -0.39 is 0 Å². The van der Waals surface area contributed by atoms with E-state index in [1.54, 1.807) is 7.11 Å². The van der Waals surface area contributed by atoms with Crippen molar-refractivity contribution >= 4 is 0 Å². The molecule has 1 N–H and O–H groups in total. The fourth-order valence-electron chi connectivity index (χ4n) is 2.45. The van der Waals surface area contributed by atoms with Crippen LogP contribution in [0, 0.1) is 11.8 Å². The molecule has 2 rings (SSSR count). The fraction of sp³-hybridized carbons (Fsp3) is 1.00. The Morgan fingerprint density at radius 2 is 1.72 bits per heavy atom. The molecule has 0 aromatic heterocycles. The first kappa shape index (κ1) is 14.3. The van der Waals surface area contributed by atoms with E-state index in [-0.39, 0.29) is 5.60 Å². The summed E-state index contributed by atoms with van der Waals surface area (Å²) in [4.78, 5) is 0. The van der Waals surface area contributed by atoms with Crippen LogP contribution in [-0.2, 0) is 9.47 Å². The Kier molecular flexibility index (Phi) is 5.05. The lowest BCUT2D eigenvalue weighted by molar-refractivity contribution is -0.00958. The van der Waals surface area contributed by atoms with Crippen LogP contribution in [0.15, 0.2) is 0 Å². The van der Waals surface area contributed by atoms with Crippen molar-refractivity contribution in [2.75, 3.05) is 26.9 Å². The lowest BCUT2D eigenvalue weighted by Crippen LogP contribution is -2.35. The second-order valence-corrected chi connectivity index (χ2v) is 6.48. The van der Waals surface area contributed by atoms with E-state index in [1.165, 1.54) is 25.7 Å². The van der Waals surface area contributed by atoms with Crippen molar-refractivity contribution in [3.8, 4) is 0 Å². The SMILES string of the molecule is COC(C)(C)CCOCCNC(C1CC1)C1CC1. The molecular formula is C15H29NO2. The predicted octanol–water partition coefficient (Wildman–Crippen LogP) is 2.60. The van der Waals surface area contributed by atoms with Crippen LogP contribution >= 0.6 is 0 Å². The molecule has 0 saturated heterocycles. The summed E-state index contributed by atoms with van der Waals surface area (Å²) < 4.78 is 11.0. The van der Waals surface area contributed by atoms with Crippen LogP contribution in [0.3, 0.4) is 0 Å². The molecule has 0 atom stereocenters. The first-order valence-electron chi connectivity index (χ1n) is 7.49. The van der Waals surface area contributed by atoms with Crippen molar-refractivity contribution in [2.24, 2.45) is 11.8 Å². The summed E-state index contributed by atoms with van der Waals surface area (Å²) in [5.74, 6) is 1.95. The Labute approximate surface area is 112 Å². The maximum absolute atomic E-state index is 5.68. The summed E-state index contributed by atoms with van der Waals surface area (Å²) >= 11 is 0. The first-order chi connectivity index (χ1) is 8.62. The molecule has 2 aliphatic carbocycles. The topological polar surface area (TPSA) is 30.5 Å². The number of nitrogens with one attached hydrogen (secondary N) is 1. The van der Waals surface area contributed by atoms with E-state index in [1.807, 2.05) is 0 Å². The molecule has 2 fully saturated rings. The molecule has 0 unspecified atom stereocenters. The zero-order valence-electron chi connectivity index (χ0n) is 12.2. The quantitative estimate of drug-likeness (QED) is 0.609. The first-order valence-corrected chi connectivity index (χ1v) is 7.49. The zero-order valence-corrected chi connectivity index (χ0v) is 12.2. The number of ether oxygens (including phenoxy) is 2. The summed E-state index contributed by atoms with van der Waals surface area (Å²) in [6.07, 6.45) is 6.72. The lowest BCUT2D eigenvalue weighted by Gasteiger charge is -2.22. The van der Waals surface area contributed by atoms with Gasteiger partial charge in [0.25, 0.3) is 0 Å². The van der Waals surface area contributed by atoms with Gasteiger partial charge in [-0.05, 0) is 57.8 Å². The van der Waals surface area contributed by atoms with Gasteiger partial charge in [-0.25, -0.2) is 0 Å². The van der Waals surface area contributed by atoms with Gasteiger partial charge in [-0.15, -0.1) is 0 Å². The van der Waals surface area contributed by atoms with E-state index in [0.717, 1.165) is 44.1 Å². The number of hydrogen-bond acceptors (Lipinski definition) is 3. The molecule has 0 aromatic rings. The van der Waals surface area contributed by atoms with Gasteiger partial charge in [0.1, 0.15) is 0 Å². The van der Waals surface area contributed by atoms with Crippen molar-refractivity contribution in [2.45, 2.75) is 57.6 Å². The van der Waals surface area contributed by atoms with Gasteiger partial charge in [0, 0.05) is 26.3 Å². The Morgan fingerprint density at radius 1 is 1.11 bits per heavy atom. The zero-order chi connectivity index (χ0) is 13.0. The van der Waals surface area contributed by atoms with Crippen LogP contribution in [-0.4, -0.2) is 38.5 Å². The van der Waals surface area contributed by atoms with Gasteiger partial charge in [-0.2, -0.15) is 0 Å². The standard InChI is InChI=1S/C15H29NO2/c1-15(2,17-3)8-10-18-11-9-16-14(12-4-5-12)13-6-7-13/h12-14,16H,4-11H2,1-3H3. The largest absolute Gasteiger partial charge is 0.380 e. The molecule has 106 valence electrons. The van der Waals surface area contributed by atoms with Gasteiger partial charge in [0.2, 0.25) is 0 Å². The Balaban J connectivity index is 1.48. The summed E-state index contributed by atoms with van der Waals surface area (Å²) in [7, 11) is 1.76. The summed E-state index contributed by atoms with van der Waals surface area (Å²) in [5.41, 5.74) is -0.0576. The van der Waals surface area contributed by atoms with E-state index in [0.29, 0.717) is 0 Å². The monoisotopic (exact) mass is 255 g/mol. The normalized spacial score (nSPS) is 20.7. The Morgan fingerprint density at radius 3 is 2.22 bits per heavy atom. The van der Waals surface area contributed by atoms with Gasteiger partial charge < -0.3 is 14.8 Å². The third-order valence-electron chi connectivity index (χ3n) is 4.29. The Bertz CT molecular complexity index is 235. The maximum atomic E-state index is 5.68. The molecule has 0 amide bonds. The number of rotatable bonds is 10. The molecular weight excluding hydrogens is 226 g/mol. The molecule has 0 bridgehead atoms. The van der Waals surface area contributed by atoms with Gasteiger partial charge >= 0.3 is 0 Å². The molecule has 2 aliphatic rings. The van der Waals surface area contributed by atoms with Crippen LogP contribution in [0.25, 0.3) is 0 Å². The van der Waals surface area contributed by atoms with Gasteiger partial charge in [0.15, 0.2) is 0 Å². The number of hydrogen-bond donors (Lipinski definition) is 1. The number of methoxy groups -OCH3 is 1. The second kappa shape index (κ2) is 6.36. The summed E-state index contributed by atoms with van der Waals surface area (Å²) in [6.45, 7) is 6.83. The molecule has 18 heavy (non-hydrogen) atoms. The van der Waals surface area contributed by atoms with Crippen molar-refractivity contribution in [3.63, 3.8) is 0 Å². The highest BCUT2D eigenvalue weighted by molar-refractivity contribution is 4.96. The smallest absolute Gasteiger partial charge is 0.0644 e. The van der Waals surface area contributed by atoms with Crippen molar-refractivity contribution in [1.29, 1.82) is 0 Å². The van der Waals surface area contributed by atoms with Crippen LogP contribution < -0.4 is 5.32 Å².